The van der Waals surface area contributed by atoms with Gasteiger partial charge in [0.1, 0.15) is 21.4 Å². The number of carbonyl (C=O) groups excluding carboxylic acids is 2. The second-order valence-electron chi connectivity index (χ2n) is 6.46. The second-order valence-corrected chi connectivity index (χ2v) is 7.46. The van der Waals surface area contributed by atoms with E-state index in [0.717, 1.165) is 6.07 Å². The van der Waals surface area contributed by atoms with Gasteiger partial charge in [0.05, 0.1) is 22.8 Å². The standard InChI is InChI=1S/C22H16FN5O2S/c1-13-19(31-22(26-13)17-7-3-5-11-25-17)21(30)28-18-12-14(23)8-9-15(18)27-20(29)16-6-2-4-10-24-16/h2-12H,1H3,(H,27,29)(H,28,30). The first kappa shape index (κ1) is 20.3. The molecule has 7 nitrogen and oxygen atoms in total. The minimum atomic E-state index is -0.554. The van der Waals surface area contributed by atoms with Crippen molar-refractivity contribution in [2.45, 2.75) is 6.92 Å². The van der Waals surface area contributed by atoms with Gasteiger partial charge in [0.15, 0.2) is 0 Å². The zero-order valence-electron chi connectivity index (χ0n) is 16.3. The van der Waals surface area contributed by atoms with E-state index >= 15 is 0 Å². The van der Waals surface area contributed by atoms with Crippen LogP contribution < -0.4 is 10.6 Å². The maximum Gasteiger partial charge on any atom is 0.274 e. The predicted octanol–water partition coefficient (Wildman–Crippen LogP) is 4.55. The number of rotatable bonds is 5. The summed E-state index contributed by atoms with van der Waals surface area (Å²) in [7, 11) is 0. The Labute approximate surface area is 181 Å². The molecule has 2 amide bonds. The summed E-state index contributed by atoms with van der Waals surface area (Å²) in [5.74, 6) is -1.49. The van der Waals surface area contributed by atoms with E-state index in [-0.39, 0.29) is 17.1 Å². The number of pyridine rings is 2. The topological polar surface area (TPSA) is 96.9 Å². The molecule has 0 aliphatic heterocycles. The second kappa shape index (κ2) is 8.80. The Morgan fingerprint density at radius 1 is 0.903 bits per heavy atom. The number of thiazole rings is 1. The van der Waals surface area contributed by atoms with Crippen LogP contribution in [0.15, 0.2) is 67.0 Å². The van der Waals surface area contributed by atoms with Crippen molar-refractivity contribution in [3.05, 3.63) is 89.1 Å². The van der Waals surface area contributed by atoms with Crippen LogP contribution in [0.5, 0.6) is 0 Å². The van der Waals surface area contributed by atoms with E-state index in [1.54, 1.807) is 43.5 Å². The highest BCUT2D eigenvalue weighted by molar-refractivity contribution is 7.17. The molecule has 154 valence electrons. The average molecular weight is 433 g/mol. The third-order valence-corrected chi connectivity index (χ3v) is 5.44. The number of halogens is 1. The molecule has 2 N–H and O–H groups in total. The van der Waals surface area contributed by atoms with Crippen LogP contribution >= 0.6 is 11.3 Å². The lowest BCUT2D eigenvalue weighted by Gasteiger charge is -2.12. The molecular weight excluding hydrogens is 417 g/mol. The van der Waals surface area contributed by atoms with Gasteiger partial charge in [-0.05, 0) is 49.4 Å². The smallest absolute Gasteiger partial charge is 0.274 e. The van der Waals surface area contributed by atoms with Gasteiger partial charge >= 0.3 is 0 Å². The summed E-state index contributed by atoms with van der Waals surface area (Å²) in [6, 6.07) is 14.1. The number of amides is 2. The van der Waals surface area contributed by atoms with E-state index in [0.29, 0.717) is 21.3 Å². The van der Waals surface area contributed by atoms with Crippen molar-refractivity contribution in [2.75, 3.05) is 10.6 Å². The van der Waals surface area contributed by atoms with Crippen molar-refractivity contribution in [1.29, 1.82) is 0 Å². The number of carbonyl (C=O) groups is 2. The first-order chi connectivity index (χ1) is 15.0. The first-order valence-corrected chi connectivity index (χ1v) is 10.0. The number of benzene rings is 1. The first-order valence-electron chi connectivity index (χ1n) is 9.23. The maximum atomic E-state index is 13.9. The van der Waals surface area contributed by atoms with Crippen LogP contribution in [-0.2, 0) is 0 Å². The molecule has 0 bridgehead atoms. The average Bonchev–Trinajstić information content (AvgIpc) is 3.18. The largest absolute Gasteiger partial charge is 0.319 e. The van der Waals surface area contributed by atoms with Crippen LogP contribution in [0.4, 0.5) is 15.8 Å². The quantitative estimate of drug-likeness (QED) is 0.481. The Morgan fingerprint density at radius 3 is 2.35 bits per heavy atom. The Bertz CT molecular complexity index is 1250. The van der Waals surface area contributed by atoms with Gasteiger partial charge in [-0.3, -0.25) is 19.6 Å². The summed E-state index contributed by atoms with van der Waals surface area (Å²) < 4.78 is 13.9. The number of aromatic nitrogens is 3. The molecule has 9 heteroatoms. The molecule has 0 saturated carbocycles. The van der Waals surface area contributed by atoms with Crippen LogP contribution in [0.1, 0.15) is 25.9 Å². The van der Waals surface area contributed by atoms with Gasteiger partial charge in [0, 0.05) is 12.4 Å². The minimum absolute atomic E-state index is 0.126. The lowest BCUT2D eigenvalue weighted by Crippen LogP contribution is -2.17. The van der Waals surface area contributed by atoms with Crippen LogP contribution in [-0.4, -0.2) is 26.8 Å². The molecule has 3 heterocycles. The van der Waals surface area contributed by atoms with E-state index in [9.17, 15) is 14.0 Å². The molecule has 1 aromatic carbocycles. The van der Waals surface area contributed by atoms with Gasteiger partial charge in [0.2, 0.25) is 0 Å². The fourth-order valence-corrected chi connectivity index (χ4v) is 3.74. The number of aryl methyl sites for hydroxylation is 1. The molecule has 0 aliphatic carbocycles. The Balaban J connectivity index is 1.58. The Morgan fingerprint density at radius 2 is 1.65 bits per heavy atom. The summed E-state index contributed by atoms with van der Waals surface area (Å²) in [6.07, 6.45) is 3.14. The van der Waals surface area contributed by atoms with Crippen molar-refractivity contribution in [1.82, 2.24) is 15.0 Å². The summed E-state index contributed by atoms with van der Waals surface area (Å²) in [4.78, 5) is 38.3. The summed E-state index contributed by atoms with van der Waals surface area (Å²) in [6.45, 7) is 1.72. The molecule has 0 spiro atoms. The van der Waals surface area contributed by atoms with Gasteiger partial charge < -0.3 is 10.6 Å². The summed E-state index contributed by atoms with van der Waals surface area (Å²) in [5, 5.41) is 5.92. The number of nitrogens with zero attached hydrogens (tertiary/aromatic N) is 3. The number of hydrogen-bond acceptors (Lipinski definition) is 6. The van der Waals surface area contributed by atoms with Crippen LogP contribution in [0, 0.1) is 12.7 Å². The van der Waals surface area contributed by atoms with Gasteiger partial charge in [0.25, 0.3) is 11.8 Å². The molecule has 4 aromatic rings. The normalized spacial score (nSPS) is 10.5. The van der Waals surface area contributed by atoms with Gasteiger partial charge in [-0.1, -0.05) is 12.1 Å². The van der Waals surface area contributed by atoms with Crippen LogP contribution in [0.25, 0.3) is 10.7 Å². The molecule has 0 saturated heterocycles. The highest BCUT2D eigenvalue weighted by Crippen LogP contribution is 2.29. The number of anilines is 2. The molecule has 4 rings (SSSR count). The fourth-order valence-electron chi connectivity index (χ4n) is 2.80. The zero-order valence-corrected chi connectivity index (χ0v) is 17.1. The van der Waals surface area contributed by atoms with Crippen molar-refractivity contribution in [3.63, 3.8) is 0 Å². The van der Waals surface area contributed by atoms with Crippen LogP contribution in [0.3, 0.4) is 0 Å². The molecule has 0 aliphatic rings. The number of nitrogens with one attached hydrogen (secondary N) is 2. The third-order valence-electron chi connectivity index (χ3n) is 4.26. The van der Waals surface area contributed by atoms with Gasteiger partial charge in [-0.15, -0.1) is 11.3 Å². The Kier molecular flexibility index (Phi) is 5.76. The van der Waals surface area contributed by atoms with Crippen LogP contribution in [0.2, 0.25) is 0 Å². The van der Waals surface area contributed by atoms with Gasteiger partial charge in [-0.2, -0.15) is 0 Å². The molecule has 0 fully saturated rings. The van der Waals surface area contributed by atoms with Crippen molar-refractivity contribution >= 4 is 34.5 Å². The van der Waals surface area contributed by atoms with E-state index in [1.807, 2.05) is 6.07 Å². The lowest BCUT2D eigenvalue weighted by atomic mass is 10.2. The molecule has 0 radical (unpaired) electrons. The summed E-state index contributed by atoms with van der Waals surface area (Å²) >= 11 is 1.18. The van der Waals surface area contributed by atoms with E-state index < -0.39 is 17.6 Å². The Hall–Kier alpha value is -3.98. The van der Waals surface area contributed by atoms with Crippen molar-refractivity contribution in [3.8, 4) is 10.7 Å². The maximum absolute atomic E-state index is 13.9. The minimum Gasteiger partial charge on any atom is -0.319 e. The van der Waals surface area contributed by atoms with E-state index in [4.69, 9.17) is 0 Å². The van der Waals surface area contributed by atoms with E-state index in [2.05, 4.69) is 25.6 Å². The fraction of sp³-hybridized carbons (Fsp3) is 0.0455. The van der Waals surface area contributed by atoms with Crippen molar-refractivity contribution < 1.29 is 14.0 Å². The SMILES string of the molecule is Cc1nc(-c2ccccn2)sc1C(=O)Nc1cc(F)ccc1NC(=O)c1ccccn1. The molecular formula is C22H16FN5O2S. The molecule has 3 aromatic heterocycles. The summed E-state index contributed by atoms with van der Waals surface area (Å²) in [5.41, 5.74) is 1.75. The number of hydrogen-bond donors (Lipinski definition) is 2. The molecule has 31 heavy (non-hydrogen) atoms. The van der Waals surface area contributed by atoms with Gasteiger partial charge in [-0.25, -0.2) is 9.37 Å². The zero-order chi connectivity index (χ0) is 21.8. The van der Waals surface area contributed by atoms with E-state index in [1.165, 1.54) is 29.7 Å². The molecule has 0 unspecified atom stereocenters. The third kappa shape index (κ3) is 4.62. The highest BCUT2D eigenvalue weighted by Gasteiger charge is 2.19. The monoisotopic (exact) mass is 433 g/mol. The predicted molar refractivity (Wildman–Crippen MR) is 117 cm³/mol. The molecule has 0 atom stereocenters. The lowest BCUT2D eigenvalue weighted by molar-refractivity contribution is 0.101. The highest BCUT2D eigenvalue weighted by atomic mass is 32.1. The van der Waals surface area contributed by atoms with Crippen molar-refractivity contribution in [2.24, 2.45) is 0 Å².